The molecule has 0 radical (unpaired) electrons. The van der Waals surface area contributed by atoms with Gasteiger partial charge in [-0.05, 0) is 12.5 Å². The molecule has 0 amide bonds. The first-order valence-corrected chi connectivity index (χ1v) is 5.37. The van der Waals surface area contributed by atoms with Gasteiger partial charge in [0.1, 0.15) is 0 Å². The minimum atomic E-state index is -0.210. The summed E-state index contributed by atoms with van der Waals surface area (Å²) in [5, 5.41) is 0. The van der Waals surface area contributed by atoms with Crippen molar-refractivity contribution in [1.82, 2.24) is 5.48 Å². The van der Waals surface area contributed by atoms with Crippen molar-refractivity contribution in [2.45, 2.75) is 20.0 Å². The quantitative estimate of drug-likeness (QED) is 0.434. The lowest BCUT2D eigenvalue weighted by atomic mass is 10.2. The Bertz CT molecular complexity index is 300. The van der Waals surface area contributed by atoms with Gasteiger partial charge >= 0.3 is 5.97 Å². The number of benzene rings is 1. The van der Waals surface area contributed by atoms with Crippen molar-refractivity contribution in [2.24, 2.45) is 0 Å². The molecular formula is C12H17NO3. The Balaban J connectivity index is 2.02. The Labute approximate surface area is 95.5 Å². The standard InChI is InChI=1S/C12H17NO3/c1-2-15-12(14)8-9-13-16-10-11-6-4-3-5-7-11/h3-7,13H,2,8-10H2,1H3. The maximum absolute atomic E-state index is 11.0. The fraction of sp³-hybridized carbons (Fsp3) is 0.417. The summed E-state index contributed by atoms with van der Waals surface area (Å²) in [5.41, 5.74) is 3.81. The van der Waals surface area contributed by atoms with Crippen molar-refractivity contribution >= 4 is 5.97 Å². The summed E-state index contributed by atoms with van der Waals surface area (Å²) in [6, 6.07) is 9.83. The van der Waals surface area contributed by atoms with Crippen molar-refractivity contribution < 1.29 is 14.4 Å². The summed E-state index contributed by atoms with van der Waals surface area (Å²) >= 11 is 0. The monoisotopic (exact) mass is 223 g/mol. The number of carbonyl (C=O) groups is 1. The molecule has 0 unspecified atom stereocenters. The van der Waals surface area contributed by atoms with Crippen LogP contribution < -0.4 is 5.48 Å². The second-order valence-electron chi connectivity index (χ2n) is 3.22. The van der Waals surface area contributed by atoms with E-state index in [0.29, 0.717) is 26.2 Å². The predicted molar refractivity (Wildman–Crippen MR) is 60.5 cm³/mol. The summed E-state index contributed by atoms with van der Waals surface area (Å²) in [4.78, 5) is 16.1. The molecule has 0 atom stereocenters. The van der Waals surface area contributed by atoms with Gasteiger partial charge in [0.2, 0.25) is 0 Å². The Hall–Kier alpha value is -1.39. The van der Waals surface area contributed by atoms with Gasteiger partial charge < -0.3 is 4.74 Å². The Morgan fingerprint density at radius 2 is 2.06 bits per heavy atom. The maximum atomic E-state index is 11.0. The van der Waals surface area contributed by atoms with Gasteiger partial charge in [-0.25, -0.2) is 5.48 Å². The van der Waals surface area contributed by atoms with E-state index in [-0.39, 0.29) is 5.97 Å². The normalized spacial score (nSPS) is 10.1. The molecule has 0 saturated carbocycles. The molecule has 0 bridgehead atoms. The third-order valence-corrected chi connectivity index (χ3v) is 1.92. The molecule has 0 aromatic heterocycles. The molecule has 0 spiro atoms. The van der Waals surface area contributed by atoms with E-state index in [0.717, 1.165) is 5.56 Å². The molecule has 0 fully saturated rings. The second kappa shape index (κ2) is 7.84. The number of nitrogens with one attached hydrogen (secondary N) is 1. The van der Waals surface area contributed by atoms with Gasteiger partial charge in [0.05, 0.1) is 19.6 Å². The molecule has 0 heterocycles. The minimum absolute atomic E-state index is 0.210. The van der Waals surface area contributed by atoms with E-state index in [2.05, 4.69) is 5.48 Å². The molecule has 0 aliphatic carbocycles. The van der Waals surface area contributed by atoms with Crippen LogP contribution >= 0.6 is 0 Å². The van der Waals surface area contributed by atoms with Gasteiger partial charge in [-0.15, -0.1) is 0 Å². The first-order chi connectivity index (χ1) is 7.83. The maximum Gasteiger partial charge on any atom is 0.307 e. The third-order valence-electron chi connectivity index (χ3n) is 1.92. The molecule has 88 valence electrons. The molecule has 0 aliphatic rings. The zero-order valence-corrected chi connectivity index (χ0v) is 9.44. The van der Waals surface area contributed by atoms with Crippen LogP contribution in [0.4, 0.5) is 0 Å². The minimum Gasteiger partial charge on any atom is -0.466 e. The van der Waals surface area contributed by atoms with Gasteiger partial charge in [-0.3, -0.25) is 9.63 Å². The smallest absolute Gasteiger partial charge is 0.307 e. The molecule has 1 rings (SSSR count). The van der Waals surface area contributed by atoms with Crippen molar-refractivity contribution in [3.8, 4) is 0 Å². The van der Waals surface area contributed by atoms with Gasteiger partial charge in [0, 0.05) is 6.54 Å². The van der Waals surface area contributed by atoms with Crippen LogP contribution in [0.15, 0.2) is 30.3 Å². The lowest BCUT2D eigenvalue weighted by molar-refractivity contribution is -0.143. The van der Waals surface area contributed by atoms with Crippen LogP contribution in [0.3, 0.4) is 0 Å². The van der Waals surface area contributed by atoms with Crippen LogP contribution in [-0.2, 0) is 21.0 Å². The number of hydrogen-bond acceptors (Lipinski definition) is 4. The van der Waals surface area contributed by atoms with Gasteiger partial charge in [-0.1, -0.05) is 30.3 Å². The fourth-order valence-corrected chi connectivity index (χ4v) is 1.17. The van der Waals surface area contributed by atoms with E-state index in [1.54, 1.807) is 6.92 Å². The fourth-order valence-electron chi connectivity index (χ4n) is 1.17. The molecule has 0 aliphatic heterocycles. The Kier molecular flexibility index (Phi) is 6.22. The van der Waals surface area contributed by atoms with Crippen molar-refractivity contribution in [3.05, 3.63) is 35.9 Å². The average molecular weight is 223 g/mol. The Morgan fingerprint density at radius 3 is 2.75 bits per heavy atom. The molecule has 4 heteroatoms. The highest BCUT2D eigenvalue weighted by Gasteiger charge is 2.00. The van der Waals surface area contributed by atoms with E-state index >= 15 is 0 Å². The first-order valence-electron chi connectivity index (χ1n) is 5.37. The van der Waals surface area contributed by atoms with Crippen molar-refractivity contribution in [2.75, 3.05) is 13.2 Å². The molecule has 1 aromatic rings. The van der Waals surface area contributed by atoms with E-state index in [1.165, 1.54) is 0 Å². The lowest BCUT2D eigenvalue weighted by Crippen LogP contribution is -2.19. The number of ether oxygens (including phenoxy) is 1. The molecule has 1 aromatic carbocycles. The molecule has 16 heavy (non-hydrogen) atoms. The second-order valence-corrected chi connectivity index (χ2v) is 3.22. The van der Waals surface area contributed by atoms with Crippen LogP contribution in [-0.4, -0.2) is 19.1 Å². The largest absolute Gasteiger partial charge is 0.466 e. The van der Waals surface area contributed by atoms with Gasteiger partial charge in [0.25, 0.3) is 0 Å². The number of esters is 1. The highest BCUT2D eigenvalue weighted by atomic mass is 16.6. The lowest BCUT2D eigenvalue weighted by Gasteiger charge is -2.05. The number of hydrogen-bond donors (Lipinski definition) is 1. The summed E-state index contributed by atoms with van der Waals surface area (Å²) in [6.45, 7) is 3.16. The summed E-state index contributed by atoms with van der Waals surface area (Å²) in [5.74, 6) is -0.210. The van der Waals surface area contributed by atoms with Crippen LogP contribution in [0.1, 0.15) is 18.9 Å². The summed E-state index contributed by atoms with van der Waals surface area (Å²) < 4.78 is 4.77. The van der Waals surface area contributed by atoms with E-state index < -0.39 is 0 Å². The molecular weight excluding hydrogens is 206 g/mol. The van der Waals surface area contributed by atoms with Gasteiger partial charge in [-0.2, -0.15) is 0 Å². The van der Waals surface area contributed by atoms with E-state index in [9.17, 15) is 4.79 Å². The molecule has 0 saturated heterocycles. The summed E-state index contributed by atoms with van der Waals surface area (Å²) in [6.07, 6.45) is 0.322. The molecule has 4 nitrogen and oxygen atoms in total. The van der Waals surface area contributed by atoms with E-state index in [1.807, 2.05) is 30.3 Å². The molecule has 1 N–H and O–H groups in total. The average Bonchev–Trinajstić information content (AvgIpc) is 2.30. The van der Waals surface area contributed by atoms with Crippen LogP contribution in [0, 0.1) is 0 Å². The van der Waals surface area contributed by atoms with Crippen molar-refractivity contribution in [1.29, 1.82) is 0 Å². The number of hydroxylamine groups is 1. The number of rotatable bonds is 7. The van der Waals surface area contributed by atoms with Crippen LogP contribution in [0.2, 0.25) is 0 Å². The highest BCUT2D eigenvalue weighted by molar-refractivity contribution is 5.69. The highest BCUT2D eigenvalue weighted by Crippen LogP contribution is 1.98. The van der Waals surface area contributed by atoms with Crippen LogP contribution in [0.5, 0.6) is 0 Å². The van der Waals surface area contributed by atoms with Gasteiger partial charge in [0.15, 0.2) is 0 Å². The zero-order chi connectivity index (χ0) is 11.6. The third kappa shape index (κ3) is 5.48. The summed E-state index contributed by atoms with van der Waals surface area (Å²) in [7, 11) is 0. The topological polar surface area (TPSA) is 47.6 Å². The zero-order valence-electron chi connectivity index (χ0n) is 9.44. The van der Waals surface area contributed by atoms with Crippen LogP contribution in [0.25, 0.3) is 0 Å². The van der Waals surface area contributed by atoms with Crippen molar-refractivity contribution in [3.63, 3.8) is 0 Å². The first kappa shape index (κ1) is 12.7. The Morgan fingerprint density at radius 1 is 1.31 bits per heavy atom. The predicted octanol–water partition coefficient (Wildman–Crippen LogP) is 1.66. The SMILES string of the molecule is CCOC(=O)CCNOCc1ccccc1. The van der Waals surface area contributed by atoms with E-state index in [4.69, 9.17) is 9.57 Å². The number of carbonyl (C=O) groups excluding carboxylic acids is 1.